The van der Waals surface area contributed by atoms with Crippen LogP contribution in [0.25, 0.3) is 0 Å². The molecule has 19 heavy (non-hydrogen) atoms. The fraction of sp³-hybridized carbons (Fsp3) is 0.714. The molecular formula is C14H20ClN3O. The van der Waals surface area contributed by atoms with Gasteiger partial charge in [0.25, 0.3) is 0 Å². The van der Waals surface area contributed by atoms with Gasteiger partial charge >= 0.3 is 0 Å². The van der Waals surface area contributed by atoms with Gasteiger partial charge in [0.05, 0.1) is 12.2 Å². The number of aliphatic hydroxyl groups is 1. The number of halogens is 1. The maximum Gasteiger partial charge on any atom is 0.140 e. The van der Waals surface area contributed by atoms with Gasteiger partial charge in [0.1, 0.15) is 17.3 Å². The van der Waals surface area contributed by atoms with Gasteiger partial charge in [-0.25, -0.2) is 9.97 Å². The van der Waals surface area contributed by atoms with Crippen molar-refractivity contribution in [3.05, 3.63) is 17.0 Å². The summed E-state index contributed by atoms with van der Waals surface area (Å²) in [5.41, 5.74) is 1.25. The van der Waals surface area contributed by atoms with E-state index < -0.39 is 0 Å². The molecule has 1 spiro atoms. The molecule has 3 rings (SSSR count). The van der Waals surface area contributed by atoms with Crippen LogP contribution in [0.5, 0.6) is 0 Å². The highest BCUT2D eigenvalue weighted by atomic mass is 35.5. The van der Waals surface area contributed by atoms with Crippen molar-refractivity contribution in [1.29, 1.82) is 0 Å². The van der Waals surface area contributed by atoms with Crippen LogP contribution in [0.4, 0.5) is 5.82 Å². The van der Waals surface area contributed by atoms with Crippen molar-refractivity contribution in [2.45, 2.75) is 45.1 Å². The average Bonchev–Trinajstić information content (AvgIpc) is 2.88. The van der Waals surface area contributed by atoms with Gasteiger partial charge in [0.2, 0.25) is 0 Å². The van der Waals surface area contributed by atoms with E-state index in [9.17, 15) is 5.11 Å². The molecule has 1 aliphatic heterocycles. The lowest BCUT2D eigenvalue weighted by molar-refractivity contribution is 0.225. The lowest BCUT2D eigenvalue weighted by Gasteiger charge is -2.40. The van der Waals surface area contributed by atoms with Gasteiger partial charge in [-0.2, -0.15) is 0 Å². The normalized spacial score (nSPS) is 22.1. The summed E-state index contributed by atoms with van der Waals surface area (Å²) < 4.78 is 0. The Bertz CT molecular complexity index is 450. The maximum absolute atomic E-state index is 9.44. The molecule has 0 unspecified atom stereocenters. The van der Waals surface area contributed by atoms with Crippen LogP contribution in [-0.2, 0) is 6.61 Å². The van der Waals surface area contributed by atoms with Crippen LogP contribution in [0.3, 0.4) is 0 Å². The predicted molar refractivity (Wildman–Crippen MR) is 75.3 cm³/mol. The Labute approximate surface area is 118 Å². The smallest absolute Gasteiger partial charge is 0.140 e. The minimum absolute atomic E-state index is 0.101. The molecular weight excluding hydrogens is 262 g/mol. The minimum atomic E-state index is -0.101. The van der Waals surface area contributed by atoms with E-state index in [2.05, 4.69) is 14.9 Å². The number of aliphatic hydroxyl groups excluding tert-OH is 1. The quantitative estimate of drug-likeness (QED) is 0.847. The second-order valence-electron chi connectivity index (χ2n) is 5.82. The maximum atomic E-state index is 9.44. The van der Waals surface area contributed by atoms with Gasteiger partial charge in [-0.1, -0.05) is 24.4 Å². The fourth-order valence-electron chi connectivity index (χ4n) is 3.61. The highest BCUT2D eigenvalue weighted by molar-refractivity contribution is 6.30. The summed E-state index contributed by atoms with van der Waals surface area (Å²) in [6, 6.07) is 0. The lowest BCUT2D eigenvalue weighted by Crippen LogP contribution is -2.39. The molecule has 2 fully saturated rings. The van der Waals surface area contributed by atoms with Gasteiger partial charge in [-0.3, -0.25) is 0 Å². The van der Waals surface area contributed by atoms with Crippen LogP contribution in [0.1, 0.15) is 44.1 Å². The molecule has 4 nitrogen and oxygen atoms in total. The second kappa shape index (κ2) is 5.25. The number of piperidine rings is 1. The highest BCUT2D eigenvalue weighted by Gasteiger charge is 2.37. The summed E-state index contributed by atoms with van der Waals surface area (Å²) in [4.78, 5) is 10.5. The van der Waals surface area contributed by atoms with Crippen LogP contribution < -0.4 is 4.90 Å². The first-order valence-electron chi connectivity index (χ1n) is 7.09. The van der Waals surface area contributed by atoms with Crippen molar-refractivity contribution in [2.75, 3.05) is 18.0 Å². The molecule has 1 saturated heterocycles. The third-order valence-corrected chi connectivity index (χ3v) is 5.14. The lowest BCUT2D eigenvalue weighted by atomic mass is 9.77. The highest BCUT2D eigenvalue weighted by Crippen LogP contribution is 2.46. The van der Waals surface area contributed by atoms with Gasteiger partial charge in [0.15, 0.2) is 0 Å². The minimum Gasteiger partial charge on any atom is -0.391 e. The summed E-state index contributed by atoms with van der Waals surface area (Å²) in [6.45, 7) is 1.93. The first-order valence-corrected chi connectivity index (χ1v) is 7.47. The first kappa shape index (κ1) is 13.1. The van der Waals surface area contributed by atoms with Crippen LogP contribution >= 0.6 is 11.6 Å². The number of aromatic nitrogens is 2. The molecule has 0 radical (unpaired) electrons. The van der Waals surface area contributed by atoms with E-state index in [0.29, 0.717) is 16.1 Å². The van der Waals surface area contributed by atoms with Crippen molar-refractivity contribution >= 4 is 17.4 Å². The van der Waals surface area contributed by atoms with E-state index in [4.69, 9.17) is 11.6 Å². The van der Waals surface area contributed by atoms with E-state index in [1.54, 1.807) is 0 Å². The molecule has 1 aliphatic carbocycles. The molecule has 104 valence electrons. The zero-order valence-corrected chi connectivity index (χ0v) is 11.9. The monoisotopic (exact) mass is 281 g/mol. The number of anilines is 1. The molecule has 2 aliphatic rings. The largest absolute Gasteiger partial charge is 0.391 e. The summed E-state index contributed by atoms with van der Waals surface area (Å²) in [7, 11) is 0. The standard InChI is InChI=1S/C14H20ClN3O/c15-12-11(9-19)13(17-10-16-12)18-7-5-14(6-8-18)3-1-2-4-14/h10,19H,1-9H2. The zero-order valence-electron chi connectivity index (χ0n) is 11.1. The summed E-state index contributed by atoms with van der Waals surface area (Å²) in [5.74, 6) is 0.815. The number of hydrogen-bond acceptors (Lipinski definition) is 4. The van der Waals surface area contributed by atoms with Crippen molar-refractivity contribution in [3.8, 4) is 0 Å². The summed E-state index contributed by atoms with van der Waals surface area (Å²) in [5, 5.41) is 9.81. The number of hydrogen-bond donors (Lipinski definition) is 1. The average molecular weight is 282 g/mol. The molecule has 0 aromatic carbocycles. The van der Waals surface area contributed by atoms with Crippen molar-refractivity contribution in [1.82, 2.24) is 9.97 Å². The topological polar surface area (TPSA) is 49.3 Å². The molecule has 1 saturated carbocycles. The number of nitrogens with zero attached hydrogens (tertiary/aromatic N) is 3. The van der Waals surface area contributed by atoms with E-state index in [-0.39, 0.29) is 6.61 Å². The van der Waals surface area contributed by atoms with E-state index in [1.807, 2.05) is 0 Å². The van der Waals surface area contributed by atoms with E-state index in [0.717, 1.165) is 18.9 Å². The molecule has 0 bridgehead atoms. The van der Waals surface area contributed by atoms with Crippen molar-refractivity contribution in [3.63, 3.8) is 0 Å². The molecule has 1 N–H and O–H groups in total. The van der Waals surface area contributed by atoms with Crippen molar-refractivity contribution in [2.24, 2.45) is 5.41 Å². The van der Waals surface area contributed by atoms with Crippen LogP contribution in [0, 0.1) is 5.41 Å². The second-order valence-corrected chi connectivity index (χ2v) is 6.18. The van der Waals surface area contributed by atoms with Crippen molar-refractivity contribution < 1.29 is 5.11 Å². The molecule has 0 atom stereocenters. The Morgan fingerprint density at radius 2 is 1.84 bits per heavy atom. The zero-order chi connectivity index (χ0) is 13.3. The molecule has 2 heterocycles. The Morgan fingerprint density at radius 1 is 1.16 bits per heavy atom. The Kier molecular flexibility index (Phi) is 3.63. The van der Waals surface area contributed by atoms with Crippen LogP contribution in [0.2, 0.25) is 5.15 Å². The van der Waals surface area contributed by atoms with E-state index >= 15 is 0 Å². The Balaban J connectivity index is 1.76. The van der Waals surface area contributed by atoms with Gasteiger partial charge in [-0.15, -0.1) is 0 Å². The number of rotatable bonds is 2. The van der Waals surface area contributed by atoms with Gasteiger partial charge < -0.3 is 10.0 Å². The van der Waals surface area contributed by atoms with E-state index in [1.165, 1.54) is 44.9 Å². The Morgan fingerprint density at radius 3 is 2.47 bits per heavy atom. The Hall–Kier alpha value is -0.870. The van der Waals surface area contributed by atoms with Crippen LogP contribution in [0.15, 0.2) is 6.33 Å². The summed E-state index contributed by atoms with van der Waals surface area (Å²) in [6.07, 6.45) is 9.51. The fourth-order valence-corrected chi connectivity index (χ4v) is 3.80. The predicted octanol–water partition coefficient (Wildman–Crippen LogP) is 2.78. The van der Waals surface area contributed by atoms with Gasteiger partial charge in [0, 0.05) is 13.1 Å². The molecule has 0 amide bonds. The third-order valence-electron chi connectivity index (χ3n) is 4.82. The third kappa shape index (κ3) is 2.43. The first-order chi connectivity index (χ1) is 9.24. The molecule has 1 aromatic heterocycles. The van der Waals surface area contributed by atoms with Gasteiger partial charge in [-0.05, 0) is 31.1 Å². The molecule has 5 heteroatoms. The summed E-state index contributed by atoms with van der Waals surface area (Å²) >= 11 is 6.03. The van der Waals surface area contributed by atoms with Crippen LogP contribution in [-0.4, -0.2) is 28.2 Å². The SMILES string of the molecule is OCc1c(Cl)ncnc1N1CCC2(CCCC2)CC1. The molecule has 1 aromatic rings.